The molecule has 3 N–H and O–H groups in total. The number of carbonyl (C=O) groups is 2. The zero-order chi connectivity index (χ0) is 64.2. The van der Waals surface area contributed by atoms with Crippen molar-refractivity contribution >= 4 is 11.9 Å². The van der Waals surface area contributed by atoms with E-state index in [-0.39, 0.29) is 18.5 Å². The molecule has 89 heavy (non-hydrogen) atoms. The molecule has 0 aliphatic heterocycles. The fraction of sp³-hybridized carbons (Fsp3) is 0.928. The van der Waals surface area contributed by atoms with Crippen molar-refractivity contribution in [3.63, 3.8) is 0 Å². The second-order valence-electron chi connectivity index (χ2n) is 28.5. The number of nitrogens with one attached hydrogen (secondary N) is 1. The predicted octanol–water partition coefficient (Wildman–Crippen LogP) is 27.2. The molecule has 2 atom stereocenters. The van der Waals surface area contributed by atoms with Gasteiger partial charge in [-0.15, -0.1) is 0 Å². The average molecular weight is 1250 g/mol. The Morgan fingerprint density at radius 1 is 0.303 bits per heavy atom. The van der Waals surface area contributed by atoms with Crippen molar-refractivity contribution in [1.29, 1.82) is 0 Å². The van der Waals surface area contributed by atoms with Gasteiger partial charge in [-0.3, -0.25) is 9.59 Å². The van der Waals surface area contributed by atoms with E-state index in [1.54, 1.807) is 6.08 Å². The Morgan fingerprint density at radius 2 is 0.528 bits per heavy atom. The number of ether oxygens (including phenoxy) is 1. The van der Waals surface area contributed by atoms with Crippen molar-refractivity contribution in [2.75, 3.05) is 13.2 Å². The van der Waals surface area contributed by atoms with E-state index < -0.39 is 12.1 Å². The predicted molar refractivity (Wildman–Crippen MR) is 393 cm³/mol. The Balaban J connectivity index is 3.33. The van der Waals surface area contributed by atoms with Gasteiger partial charge in [0.1, 0.15) is 0 Å². The number of unbranched alkanes of at least 4 members (excludes halogenated alkanes) is 65. The molecule has 6 nitrogen and oxygen atoms in total. The summed E-state index contributed by atoms with van der Waals surface area (Å²) in [5.74, 6) is -0.0385. The van der Waals surface area contributed by atoms with Crippen LogP contribution in [0.5, 0.6) is 0 Å². The Morgan fingerprint density at radius 3 is 0.798 bits per heavy atom. The largest absolute Gasteiger partial charge is 0.466 e. The van der Waals surface area contributed by atoms with Crippen LogP contribution in [0.25, 0.3) is 0 Å². The molecule has 0 aromatic rings. The van der Waals surface area contributed by atoms with Crippen molar-refractivity contribution in [2.24, 2.45) is 0 Å². The number of hydrogen-bond acceptors (Lipinski definition) is 5. The lowest BCUT2D eigenvalue weighted by atomic mass is 10.0. The minimum Gasteiger partial charge on any atom is -0.466 e. The van der Waals surface area contributed by atoms with E-state index in [1.807, 2.05) is 6.08 Å². The fourth-order valence-electron chi connectivity index (χ4n) is 13.2. The second kappa shape index (κ2) is 78.8. The van der Waals surface area contributed by atoms with Gasteiger partial charge in [-0.05, 0) is 57.8 Å². The lowest BCUT2D eigenvalue weighted by molar-refractivity contribution is -0.143. The highest BCUT2D eigenvalue weighted by molar-refractivity contribution is 5.76. The van der Waals surface area contributed by atoms with E-state index in [0.717, 1.165) is 38.5 Å². The molecule has 0 aliphatic carbocycles. The maximum absolute atomic E-state index is 12.5. The lowest BCUT2D eigenvalue weighted by Gasteiger charge is -2.20. The molecule has 2 unspecified atom stereocenters. The molecule has 0 saturated heterocycles. The highest BCUT2D eigenvalue weighted by atomic mass is 16.5. The molecule has 528 valence electrons. The van der Waals surface area contributed by atoms with Gasteiger partial charge in [0.05, 0.1) is 25.4 Å². The number of rotatable bonds is 78. The number of allylic oxidation sites excluding steroid dienone is 3. The van der Waals surface area contributed by atoms with Crippen molar-refractivity contribution in [2.45, 2.75) is 482 Å². The smallest absolute Gasteiger partial charge is 0.305 e. The van der Waals surface area contributed by atoms with Crippen LogP contribution < -0.4 is 5.32 Å². The van der Waals surface area contributed by atoms with Gasteiger partial charge in [-0.1, -0.05) is 423 Å². The van der Waals surface area contributed by atoms with Crippen LogP contribution >= 0.6 is 0 Å². The zero-order valence-electron chi connectivity index (χ0n) is 60.7. The highest BCUT2D eigenvalue weighted by Crippen LogP contribution is 2.20. The highest BCUT2D eigenvalue weighted by Gasteiger charge is 2.18. The molecular weight excluding hydrogens is 1090 g/mol. The van der Waals surface area contributed by atoms with Gasteiger partial charge in [0.25, 0.3) is 0 Å². The normalized spacial score (nSPS) is 12.5. The monoisotopic (exact) mass is 1250 g/mol. The van der Waals surface area contributed by atoms with Crippen LogP contribution in [0.4, 0.5) is 0 Å². The topological polar surface area (TPSA) is 95.9 Å². The van der Waals surface area contributed by atoms with Crippen LogP contribution in [0.1, 0.15) is 470 Å². The molecule has 0 aliphatic rings. The van der Waals surface area contributed by atoms with E-state index >= 15 is 0 Å². The van der Waals surface area contributed by atoms with Crippen LogP contribution in [0.2, 0.25) is 0 Å². The summed E-state index contributed by atoms with van der Waals surface area (Å²) in [5.41, 5.74) is 0. The van der Waals surface area contributed by atoms with E-state index in [1.165, 1.54) is 405 Å². The van der Waals surface area contributed by atoms with Gasteiger partial charge in [0.15, 0.2) is 0 Å². The van der Waals surface area contributed by atoms with Gasteiger partial charge in [-0.25, -0.2) is 0 Å². The summed E-state index contributed by atoms with van der Waals surface area (Å²) < 4.78 is 5.52. The molecule has 0 aromatic heterocycles. The molecule has 0 radical (unpaired) electrons. The summed E-state index contributed by atoms with van der Waals surface area (Å²) in [4.78, 5) is 24.7. The van der Waals surface area contributed by atoms with Gasteiger partial charge >= 0.3 is 5.97 Å². The number of hydrogen-bond donors (Lipinski definition) is 3. The van der Waals surface area contributed by atoms with E-state index in [0.29, 0.717) is 19.4 Å². The van der Waals surface area contributed by atoms with E-state index in [4.69, 9.17) is 4.74 Å². The quantitative estimate of drug-likeness (QED) is 0.0320. The molecule has 0 spiro atoms. The maximum Gasteiger partial charge on any atom is 0.305 e. The van der Waals surface area contributed by atoms with Gasteiger partial charge in [-0.2, -0.15) is 0 Å². The molecular formula is C83H161NO5. The van der Waals surface area contributed by atoms with Crippen LogP contribution in [0.3, 0.4) is 0 Å². The molecule has 1 amide bonds. The number of aliphatic hydroxyl groups is 2. The number of esters is 1. The molecule has 0 aromatic carbocycles. The lowest BCUT2D eigenvalue weighted by Crippen LogP contribution is -2.45. The SMILES string of the molecule is CCCCCCCCC/C=C\CCCCCCCCCC(=O)OCCCCCCCCCCCCCCCCCCCCCCCCCCCCCCCCCCCC(=O)NC(CO)C(O)/C=C/CCCCCCCCCCCCCCCCCCCCC. The van der Waals surface area contributed by atoms with Crippen molar-refractivity contribution in [3.05, 3.63) is 24.3 Å². The molecule has 0 fully saturated rings. The summed E-state index contributed by atoms with van der Waals surface area (Å²) in [5, 5.41) is 23.3. The Kier molecular flexibility index (Phi) is 77.3. The molecule has 0 bridgehead atoms. The first-order valence-electron chi connectivity index (χ1n) is 41.1. The minimum atomic E-state index is -0.842. The second-order valence-corrected chi connectivity index (χ2v) is 28.5. The van der Waals surface area contributed by atoms with Crippen LogP contribution in [0.15, 0.2) is 24.3 Å². The van der Waals surface area contributed by atoms with Crippen molar-refractivity contribution < 1.29 is 24.5 Å². The maximum atomic E-state index is 12.5. The van der Waals surface area contributed by atoms with Crippen LogP contribution in [0, 0.1) is 0 Å². The third kappa shape index (κ3) is 75.3. The molecule has 0 rings (SSSR count). The first-order chi connectivity index (χ1) is 44.0. The van der Waals surface area contributed by atoms with E-state index in [2.05, 4.69) is 31.3 Å². The van der Waals surface area contributed by atoms with Gasteiger partial charge in [0.2, 0.25) is 5.91 Å². The fourth-order valence-corrected chi connectivity index (χ4v) is 13.2. The summed E-state index contributed by atoms with van der Waals surface area (Å²) in [6, 6.07) is -0.625. The van der Waals surface area contributed by atoms with Crippen molar-refractivity contribution in [3.8, 4) is 0 Å². The summed E-state index contributed by atoms with van der Waals surface area (Å²) in [6.07, 6.45) is 102. The third-order valence-electron chi connectivity index (χ3n) is 19.5. The van der Waals surface area contributed by atoms with Crippen LogP contribution in [-0.2, 0) is 14.3 Å². The molecule has 0 saturated carbocycles. The zero-order valence-corrected chi connectivity index (χ0v) is 60.7. The molecule has 6 heteroatoms. The van der Waals surface area contributed by atoms with Gasteiger partial charge in [0, 0.05) is 12.8 Å². The van der Waals surface area contributed by atoms with E-state index in [9.17, 15) is 19.8 Å². The van der Waals surface area contributed by atoms with Crippen molar-refractivity contribution in [1.82, 2.24) is 5.32 Å². The van der Waals surface area contributed by atoms with Crippen LogP contribution in [-0.4, -0.2) is 47.4 Å². The molecule has 0 heterocycles. The first-order valence-corrected chi connectivity index (χ1v) is 41.1. The first kappa shape index (κ1) is 87.3. The third-order valence-corrected chi connectivity index (χ3v) is 19.5. The average Bonchev–Trinajstić information content (AvgIpc) is 3.55. The Labute approximate surface area is 558 Å². The summed E-state index contributed by atoms with van der Waals surface area (Å²) in [7, 11) is 0. The summed E-state index contributed by atoms with van der Waals surface area (Å²) in [6.45, 7) is 4.96. The Hall–Kier alpha value is -1.66. The minimum absolute atomic E-state index is 0.0197. The number of amides is 1. The standard InChI is InChI=1S/C83H161NO5/c1-3-5-7-9-11-13-15-17-19-21-23-37-40-43-47-51-55-59-63-67-71-75-81(86)80(79-85)84-82(87)76-72-68-64-60-56-52-48-44-41-38-35-33-31-29-27-25-24-26-28-30-32-34-36-39-42-46-50-54-58-62-66-70-74-78-89-83(88)77-73-69-65-61-57-53-49-45-22-20-18-16-14-12-10-8-6-4-2/h20,22,71,75,80-81,85-86H,3-19,21,23-70,72-74,76-79H2,1-2H3,(H,84,87)/b22-20-,75-71+. The number of aliphatic hydroxyl groups excluding tert-OH is 2. The number of carbonyl (C=O) groups excluding carboxylic acids is 2. The Bertz CT molecular complexity index is 1400. The van der Waals surface area contributed by atoms with Gasteiger partial charge < -0.3 is 20.3 Å². The summed E-state index contributed by atoms with van der Waals surface area (Å²) >= 11 is 0.